The number of hydrogen-bond acceptors (Lipinski definition) is 5. The Labute approximate surface area is 196 Å². The highest BCUT2D eigenvalue weighted by Gasteiger charge is 2.69. The fourth-order valence-corrected chi connectivity index (χ4v) is 5.17. The molecule has 3 unspecified atom stereocenters. The first-order valence-electron chi connectivity index (χ1n) is 11.4. The highest BCUT2D eigenvalue weighted by molar-refractivity contribution is 5.61. The lowest BCUT2D eigenvalue weighted by Gasteiger charge is -2.40. The van der Waals surface area contributed by atoms with Crippen LogP contribution in [0.2, 0.25) is 0 Å². The van der Waals surface area contributed by atoms with E-state index in [1.165, 1.54) is 13.2 Å². The number of benzene rings is 2. The zero-order chi connectivity index (χ0) is 24.2. The van der Waals surface area contributed by atoms with E-state index in [1.807, 2.05) is 69.3 Å². The van der Waals surface area contributed by atoms with Gasteiger partial charge in [0.05, 0.1) is 19.8 Å². The summed E-state index contributed by atoms with van der Waals surface area (Å²) < 4.78 is 17.5. The maximum absolute atomic E-state index is 12.3. The Bertz CT molecular complexity index is 1050. The van der Waals surface area contributed by atoms with Crippen LogP contribution in [0.5, 0.6) is 23.0 Å². The molecule has 5 nitrogen and oxygen atoms in total. The summed E-state index contributed by atoms with van der Waals surface area (Å²) in [7, 11) is 3.15. The highest BCUT2D eigenvalue weighted by Crippen LogP contribution is 2.67. The molecule has 1 saturated carbocycles. The van der Waals surface area contributed by atoms with Crippen molar-refractivity contribution in [3.05, 3.63) is 84.0 Å². The predicted octanol–water partition coefficient (Wildman–Crippen LogP) is 6.01. The Morgan fingerprint density at radius 1 is 1.15 bits per heavy atom. The third kappa shape index (κ3) is 3.70. The summed E-state index contributed by atoms with van der Waals surface area (Å²) in [6.07, 6.45) is 8.92. The van der Waals surface area contributed by atoms with Crippen LogP contribution in [0.15, 0.2) is 72.9 Å². The van der Waals surface area contributed by atoms with Crippen LogP contribution in [0.1, 0.15) is 44.7 Å². The molecule has 2 N–H and O–H groups in total. The van der Waals surface area contributed by atoms with Gasteiger partial charge < -0.3 is 24.4 Å². The monoisotopic (exact) mass is 450 g/mol. The first-order chi connectivity index (χ1) is 15.9. The van der Waals surface area contributed by atoms with E-state index in [0.717, 1.165) is 16.9 Å². The molecule has 4 rings (SSSR count). The molecule has 2 aliphatic rings. The van der Waals surface area contributed by atoms with Crippen LogP contribution in [0.25, 0.3) is 0 Å². The SMILES string of the molecule is C=C/C(=C\C=C/C)C1CCC2(O)c3c(OC)cc(O)cc3OC12c1ccc(OC)cc1.CC. The molecule has 0 bridgehead atoms. The van der Waals surface area contributed by atoms with Gasteiger partial charge in [0.1, 0.15) is 28.6 Å². The Balaban J connectivity index is 0.00000149. The van der Waals surface area contributed by atoms with Crippen molar-refractivity contribution in [3.63, 3.8) is 0 Å². The fraction of sp³-hybridized carbons (Fsp3) is 0.357. The number of aromatic hydroxyl groups is 1. The molecule has 3 atom stereocenters. The molecule has 1 aliphatic heterocycles. The molecule has 1 heterocycles. The van der Waals surface area contributed by atoms with Crippen molar-refractivity contribution >= 4 is 0 Å². The molecule has 0 amide bonds. The van der Waals surface area contributed by atoms with Gasteiger partial charge in [-0.1, -0.05) is 56.9 Å². The van der Waals surface area contributed by atoms with Crippen molar-refractivity contribution in [1.29, 1.82) is 0 Å². The quantitative estimate of drug-likeness (QED) is 0.528. The molecular formula is C28H34O5. The van der Waals surface area contributed by atoms with Gasteiger partial charge in [-0.15, -0.1) is 0 Å². The Hall–Kier alpha value is -3.18. The van der Waals surface area contributed by atoms with E-state index < -0.39 is 11.2 Å². The van der Waals surface area contributed by atoms with Crippen LogP contribution in [-0.2, 0) is 11.2 Å². The average molecular weight is 451 g/mol. The smallest absolute Gasteiger partial charge is 0.174 e. The van der Waals surface area contributed by atoms with Gasteiger partial charge in [0.15, 0.2) is 5.60 Å². The van der Waals surface area contributed by atoms with Crippen molar-refractivity contribution in [2.45, 2.75) is 44.8 Å². The summed E-state index contributed by atoms with van der Waals surface area (Å²) in [5, 5.41) is 22.5. The topological polar surface area (TPSA) is 68.2 Å². The zero-order valence-corrected chi connectivity index (χ0v) is 20.1. The van der Waals surface area contributed by atoms with Crippen LogP contribution < -0.4 is 14.2 Å². The number of fused-ring (bicyclic) bond motifs is 3. The van der Waals surface area contributed by atoms with Crippen LogP contribution in [0.3, 0.4) is 0 Å². The van der Waals surface area contributed by atoms with Crippen molar-refractivity contribution in [2.24, 2.45) is 5.92 Å². The maximum atomic E-state index is 12.3. The lowest BCUT2D eigenvalue weighted by atomic mass is 9.71. The number of phenols is 1. The van der Waals surface area contributed by atoms with E-state index in [9.17, 15) is 10.2 Å². The van der Waals surface area contributed by atoms with Crippen molar-refractivity contribution in [1.82, 2.24) is 0 Å². The molecule has 0 saturated heterocycles. The van der Waals surface area contributed by atoms with Gasteiger partial charge in [-0.05, 0) is 43.0 Å². The second-order valence-corrected chi connectivity index (χ2v) is 7.94. The zero-order valence-electron chi connectivity index (χ0n) is 20.1. The number of hydrogen-bond donors (Lipinski definition) is 2. The van der Waals surface area contributed by atoms with Gasteiger partial charge in [-0.2, -0.15) is 0 Å². The number of ether oxygens (including phenoxy) is 3. The second-order valence-electron chi connectivity index (χ2n) is 7.94. The molecule has 1 fully saturated rings. The van der Waals surface area contributed by atoms with Gasteiger partial charge >= 0.3 is 0 Å². The van der Waals surface area contributed by atoms with Gasteiger partial charge in [0, 0.05) is 18.1 Å². The average Bonchev–Trinajstić information content (AvgIpc) is 3.27. The molecule has 2 aromatic rings. The number of aliphatic hydroxyl groups is 1. The van der Waals surface area contributed by atoms with E-state index in [4.69, 9.17) is 14.2 Å². The van der Waals surface area contributed by atoms with E-state index in [-0.39, 0.29) is 11.7 Å². The Morgan fingerprint density at radius 3 is 2.42 bits per heavy atom. The maximum Gasteiger partial charge on any atom is 0.174 e. The molecule has 176 valence electrons. The van der Waals surface area contributed by atoms with Crippen molar-refractivity contribution < 1.29 is 24.4 Å². The lowest BCUT2D eigenvalue weighted by molar-refractivity contribution is -0.112. The minimum absolute atomic E-state index is 0.0222. The molecule has 0 radical (unpaired) electrons. The van der Waals surface area contributed by atoms with Gasteiger partial charge in [0.25, 0.3) is 0 Å². The first kappa shape index (κ1) is 24.5. The van der Waals surface area contributed by atoms with E-state index in [1.54, 1.807) is 13.2 Å². The first-order valence-corrected chi connectivity index (χ1v) is 11.4. The van der Waals surface area contributed by atoms with Crippen molar-refractivity contribution in [3.8, 4) is 23.0 Å². The molecule has 2 aromatic carbocycles. The molecular weight excluding hydrogens is 416 g/mol. The number of methoxy groups -OCH3 is 2. The summed E-state index contributed by atoms with van der Waals surface area (Å²) in [6, 6.07) is 10.6. The molecule has 33 heavy (non-hydrogen) atoms. The highest BCUT2D eigenvalue weighted by atomic mass is 16.5. The standard InChI is InChI=1S/C26H28O5.C2H6/c1-5-7-8-17(6-2)21-13-14-25(28)24-22(30-4)15-19(27)16-23(24)31-26(21,25)18-9-11-20(29-3)12-10-18;1-2/h5-12,15-16,21,27-28H,2,13-14H2,1,3-4H3;1-2H3/b7-5-,17-8+;. The van der Waals surface area contributed by atoms with E-state index in [2.05, 4.69) is 6.58 Å². The minimum Gasteiger partial charge on any atom is -0.508 e. The minimum atomic E-state index is -1.35. The summed E-state index contributed by atoms with van der Waals surface area (Å²) in [4.78, 5) is 0. The number of phenolic OH excluding ortho intramolecular Hbond substituents is 1. The molecule has 5 heteroatoms. The van der Waals surface area contributed by atoms with Gasteiger partial charge in [-0.25, -0.2) is 0 Å². The summed E-state index contributed by atoms with van der Waals surface area (Å²) in [6.45, 7) is 9.98. The van der Waals surface area contributed by atoms with Crippen molar-refractivity contribution in [2.75, 3.05) is 14.2 Å². The van der Waals surface area contributed by atoms with Crippen LogP contribution in [0.4, 0.5) is 0 Å². The van der Waals surface area contributed by atoms with E-state index >= 15 is 0 Å². The third-order valence-electron chi connectivity index (χ3n) is 6.49. The Kier molecular flexibility index (Phi) is 7.23. The summed E-state index contributed by atoms with van der Waals surface area (Å²) in [5.41, 5.74) is -0.0890. The van der Waals surface area contributed by atoms with Crippen LogP contribution in [0, 0.1) is 5.92 Å². The van der Waals surface area contributed by atoms with Gasteiger partial charge in [-0.3, -0.25) is 0 Å². The van der Waals surface area contributed by atoms with Crippen LogP contribution >= 0.6 is 0 Å². The fourth-order valence-electron chi connectivity index (χ4n) is 5.17. The Morgan fingerprint density at radius 2 is 1.85 bits per heavy atom. The predicted molar refractivity (Wildman–Crippen MR) is 131 cm³/mol. The number of rotatable bonds is 6. The molecule has 0 spiro atoms. The molecule has 0 aromatic heterocycles. The van der Waals surface area contributed by atoms with Crippen LogP contribution in [-0.4, -0.2) is 24.4 Å². The third-order valence-corrected chi connectivity index (χ3v) is 6.49. The summed E-state index contributed by atoms with van der Waals surface area (Å²) in [5.74, 6) is 1.41. The van der Waals surface area contributed by atoms with E-state index in [0.29, 0.717) is 29.9 Å². The second kappa shape index (κ2) is 9.75. The normalized spacial score (nSPS) is 25.5. The summed E-state index contributed by atoms with van der Waals surface area (Å²) >= 11 is 0. The van der Waals surface area contributed by atoms with Gasteiger partial charge in [0.2, 0.25) is 0 Å². The largest absolute Gasteiger partial charge is 0.508 e. The molecule has 1 aliphatic carbocycles. The number of allylic oxidation sites excluding steroid dienone is 4. The lowest BCUT2D eigenvalue weighted by Crippen LogP contribution is -2.49.